The molecule has 1 N–H and O–H groups in total. The average Bonchev–Trinajstić information content (AvgIpc) is 1.80. The molecule has 0 spiro atoms. The number of hydrogen-bond donors (Lipinski definition) is 1. The molecule has 0 aromatic carbocycles. The van der Waals surface area contributed by atoms with E-state index in [0.717, 1.165) is 6.61 Å². The fourth-order valence-corrected chi connectivity index (χ4v) is 1.07. The van der Waals surface area contributed by atoms with Gasteiger partial charge in [0, 0.05) is 12.1 Å². The Labute approximate surface area is 56.6 Å². The summed E-state index contributed by atoms with van der Waals surface area (Å²) in [6.45, 7) is 7.25. The summed E-state index contributed by atoms with van der Waals surface area (Å²) in [6.07, 6.45) is 0.376. The summed E-state index contributed by atoms with van der Waals surface area (Å²) >= 11 is 0. The summed E-state index contributed by atoms with van der Waals surface area (Å²) < 4.78 is 5.44. The summed E-state index contributed by atoms with van der Waals surface area (Å²) in [5, 5.41) is 3.40. The molecule has 1 rings (SSSR count). The third-order valence-corrected chi connectivity index (χ3v) is 1.86. The van der Waals surface area contributed by atoms with E-state index in [-0.39, 0.29) is 0 Å². The van der Waals surface area contributed by atoms with Crippen molar-refractivity contribution in [3.8, 4) is 0 Å². The Hall–Kier alpha value is -0.0800. The van der Waals surface area contributed by atoms with Gasteiger partial charge in [0.25, 0.3) is 0 Å². The van der Waals surface area contributed by atoms with Crippen LogP contribution < -0.4 is 5.32 Å². The van der Waals surface area contributed by atoms with Crippen molar-refractivity contribution in [2.75, 3.05) is 6.61 Å². The Morgan fingerprint density at radius 1 is 1.33 bits per heavy atom. The maximum Gasteiger partial charge on any atom is 0.0698 e. The zero-order valence-electron chi connectivity index (χ0n) is 6.35. The van der Waals surface area contributed by atoms with Crippen molar-refractivity contribution in [2.45, 2.75) is 39.0 Å². The monoisotopic (exact) mass is 129 g/mol. The molecule has 1 aliphatic rings. The molecule has 0 amide bonds. The highest BCUT2D eigenvalue weighted by molar-refractivity contribution is 4.77. The standard InChI is InChI=1S/C7H15NO/c1-5-4-9-7(3)6(2)8-5/h5-8H,4H2,1-3H3/t5-,6-,7-/m0/s1. The van der Waals surface area contributed by atoms with Crippen LogP contribution in [-0.4, -0.2) is 24.8 Å². The molecule has 0 saturated carbocycles. The quantitative estimate of drug-likeness (QED) is 0.521. The van der Waals surface area contributed by atoms with Crippen LogP contribution in [-0.2, 0) is 4.74 Å². The van der Waals surface area contributed by atoms with E-state index >= 15 is 0 Å². The van der Waals surface area contributed by atoms with Crippen LogP contribution in [0.15, 0.2) is 0 Å². The third kappa shape index (κ3) is 1.66. The highest BCUT2D eigenvalue weighted by Crippen LogP contribution is 2.05. The lowest BCUT2D eigenvalue weighted by atomic mass is 10.1. The van der Waals surface area contributed by atoms with Crippen molar-refractivity contribution in [1.82, 2.24) is 5.32 Å². The summed E-state index contributed by atoms with van der Waals surface area (Å²) in [5.41, 5.74) is 0. The van der Waals surface area contributed by atoms with E-state index in [1.54, 1.807) is 0 Å². The molecule has 2 nitrogen and oxygen atoms in total. The fraction of sp³-hybridized carbons (Fsp3) is 1.00. The van der Waals surface area contributed by atoms with Gasteiger partial charge in [-0.2, -0.15) is 0 Å². The molecule has 54 valence electrons. The minimum absolute atomic E-state index is 0.376. The van der Waals surface area contributed by atoms with Crippen LogP contribution in [0.2, 0.25) is 0 Å². The average molecular weight is 129 g/mol. The fourth-order valence-electron chi connectivity index (χ4n) is 1.07. The van der Waals surface area contributed by atoms with Gasteiger partial charge in [-0.15, -0.1) is 0 Å². The maximum atomic E-state index is 5.44. The van der Waals surface area contributed by atoms with Crippen LogP contribution in [0.25, 0.3) is 0 Å². The Bertz CT molecular complexity index is 94.9. The minimum atomic E-state index is 0.376. The summed E-state index contributed by atoms with van der Waals surface area (Å²) in [4.78, 5) is 0. The highest BCUT2D eigenvalue weighted by atomic mass is 16.5. The van der Waals surface area contributed by atoms with Crippen LogP contribution in [0, 0.1) is 0 Å². The van der Waals surface area contributed by atoms with Crippen LogP contribution in [0.4, 0.5) is 0 Å². The predicted molar refractivity (Wildman–Crippen MR) is 37.5 cm³/mol. The lowest BCUT2D eigenvalue weighted by Crippen LogP contribution is -2.50. The number of rotatable bonds is 0. The maximum absolute atomic E-state index is 5.44. The Morgan fingerprint density at radius 2 is 2.00 bits per heavy atom. The molecular weight excluding hydrogens is 114 g/mol. The molecule has 0 aromatic rings. The lowest BCUT2D eigenvalue weighted by molar-refractivity contribution is -0.00764. The van der Waals surface area contributed by atoms with Gasteiger partial charge in [0.1, 0.15) is 0 Å². The van der Waals surface area contributed by atoms with E-state index in [2.05, 4.69) is 26.1 Å². The van der Waals surface area contributed by atoms with Crippen LogP contribution in [0.5, 0.6) is 0 Å². The Kier molecular flexibility index (Phi) is 2.09. The molecular formula is C7H15NO. The second-order valence-corrected chi connectivity index (χ2v) is 2.89. The molecule has 9 heavy (non-hydrogen) atoms. The van der Waals surface area contributed by atoms with E-state index in [4.69, 9.17) is 4.74 Å². The molecule has 1 saturated heterocycles. The van der Waals surface area contributed by atoms with Gasteiger partial charge in [0.15, 0.2) is 0 Å². The topological polar surface area (TPSA) is 21.3 Å². The third-order valence-electron chi connectivity index (χ3n) is 1.86. The first kappa shape index (κ1) is 7.03. The highest BCUT2D eigenvalue weighted by Gasteiger charge is 2.20. The smallest absolute Gasteiger partial charge is 0.0698 e. The molecule has 0 radical (unpaired) electrons. The van der Waals surface area contributed by atoms with Crippen LogP contribution in [0.3, 0.4) is 0 Å². The largest absolute Gasteiger partial charge is 0.375 e. The second-order valence-electron chi connectivity index (χ2n) is 2.89. The van der Waals surface area contributed by atoms with Gasteiger partial charge >= 0.3 is 0 Å². The zero-order chi connectivity index (χ0) is 6.85. The summed E-state index contributed by atoms with van der Waals surface area (Å²) in [7, 11) is 0. The zero-order valence-corrected chi connectivity index (χ0v) is 6.35. The SMILES string of the molecule is C[C@@H]1N[C@@H](C)CO[C@H]1C. The van der Waals surface area contributed by atoms with E-state index in [0.29, 0.717) is 18.2 Å². The number of nitrogens with one attached hydrogen (secondary N) is 1. The van der Waals surface area contributed by atoms with E-state index in [9.17, 15) is 0 Å². The van der Waals surface area contributed by atoms with Crippen molar-refractivity contribution in [3.05, 3.63) is 0 Å². The first-order valence-electron chi connectivity index (χ1n) is 3.58. The van der Waals surface area contributed by atoms with Crippen molar-refractivity contribution in [2.24, 2.45) is 0 Å². The van der Waals surface area contributed by atoms with Crippen molar-refractivity contribution >= 4 is 0 Å². The van der Waals surface area contributed by atoms with Gasteiger partial charge in [-0.1, -0.05) is 0 Å². The molecule has 1 fully saturated rings. The molecule has 1 heterocycles. The first-order valence-corrected chi connectivity index (χ1v) is 3.58. The summed E-state index contributed by atoms with van der Waals surface area (Å²) in [6, 6.07) is 1.03. The molecule has 0 aromatic heterocycles. The van der Waals surface area contributed by atoms with Gasteiger partial charge in [-0.25, -0.2) is 0 Å². The van der Waals surface area contributed by atoms with Crippen molar-refractivity contribution in [1.29, 1.82) is 0 Å². The van der Waals surface area contributed by atoms with Gasteiger partial charge in [-0.05, 0) is 20.8 Å². The first-order chi connectivity index (χ1) is 4.20. The molecule has 1 aliphatic heterocycles. The number of ether oxygens (including phenoxy) is 1. The molecule has 0 bridgehead atoms. The van der Waals surface area contributed by atoms with Gasteiger partial charge < -0.3 is 10.1 Å². The van der Waals surface area contributed by atoms with E-state index < -0.39 is 0 Å². The number of hydrogen-bond acceptors (Lipinski definition) is 2. The Balaban J connectivity index is 2.35. The Morgan fingerprint density at radius 3 is 2.44 bits per heavy atom. The molecule has 2 heteroatoms. The van der Waals surface area contributed by atoms with Gasteiger partial charge in [0.05, 0.1) is 12.7 Å². The van der Waals surface area contributed by atoms with E-state index in [1.165, 1.54) is 0 Å². The normalized spacial score (nSPS) is 45.0. The van der Waals surface area contributed by atoms with Crippen LogP contribution >= 0.6 is 0 Å². The van der Waals surface area contributed by atoms with E-state index in [1.807, 2.05) is 0 Å². The number of morpholine rings is 1. The molecule has 0 aliphatic carbocycles. The molecule has 3 atom stereocenters. The van der Waals surface area contributed by atoms with Gasteiger partial charge in [0.2, 0.25) is 0 Å². The molecule has 0 unspecified atom stereocenters. The van der Waals surface area contributed by atoms with Crippen molar-refractivity contribution < 1.29 is 4.74 Å². The minimum Gasteiger partial charge on any atom is -0.375 e. The predicted octanol–water partition coefficient (Wildman–Crippen LogP) is 0.772. The van der Waals surface area contributed by atoms with Gasteiger partial charge in [-0.3, -0.25) is 0 Å². The summed E-state index contributed by atoms with van der Waals surface area (Å²) in [5.74, 6) is 0. The van der Waals surface area contributed by atoms with Crippen molar-refractivity contribution in [3.63, 3.8) is 0 Å². The lowest BCUT2D eigenvalue weighted by Gasteiger charge is -2.31. The van der Waals surface area contributed by atoms with Crippen LogP contribution in [0.1, 0.15) is 20.8 Å². The second kappa shape index (κ2) is 2.67.